The number of hydrazine groups is 1. The number of carbonyl (C=O) groups excluding carboxylic acids is 5. The molecule has 4 aliphatic rings. The minimum absolute atomic E-state index is 0.266. The molecule has 1 aliphatic heterocycles. The summed E-state index contributed by atoms with van der Waals surface area (Å²) in [4.78, 5) is 64.7. The van der Waals surface area contributed by atoms with E-state index in [1.807, 2.05) is 48.5 Å². The van der Waals surface area contributed by atoms with Gasteiger partial charge in [0.05, 0.1) is 11.8 Å². The van der Waals surface area contributed by atoms with Gasteiger partial charge in [0.1, 0.15) is 6.54 Å². The third-order valence-corrected chi connectivity index (χ3v) is 7.87. The molecule has 0 radical (unpaired) electrons. The Morgan fingerprint density at radius 3 is 1.72 bits per heavy atom. The summed E-state index contributed by atoms with van der Waals surface area (Å²) in [6.07, 6.45) is 0. The van der Waals surface area contributed by atoms with E-state index in [-0.39, 0.29) is 17.4 Å². The Bertz CT molecular complexity index is 1420. The van der Waals surface area contributed by atoms with E-state index in [4.69, 9.17) is 16.3 Å². The number of ether oxygens (including phenoxy) is 1. The molecule has 0 spiro atoms. The van der Waals surface area contributed by atoms with E-state index >= 15 is 0 Å². The van der Waals surface area contributed by atoms with Crippen LogP contribution in [0.15, 0.2) is 72.8 Å². The quantitative estimate of drug-likeness (QED) is 0.290. The van der Waals surface area contributed by atoms with Gasteiger partial charge in [0.15, 0.2) is 6.61 Å². The molecule has 7 rings (SSSR count). The van der Waals surface area contributed by atoms with E-state index in [1.165, 1.54) is 24.3 Å². The van der Waals surface area contributed by atoms with Crippen molar-refractivity contribution in [1.82, 2.24) is 15.8 Å². The van der Waals surface area contributed by atoms with E-state index in [0.29, 0.717) is 5.02 Å². The zero-order valence-corrected chi connectivity index (χ0v) is 21.2. The van der Waals surface area contributed by atoms with Crippen molar-refractivity contribution >= 4 is 41.2 Å². The average Bonchev–Trinajstić information content (AvgIpc) is 3.20. The lowest BCUT2D eigenvalue weighted by molar-refractivity contribution is -0.155. The molecule has 4 amide bonds. The molecule has 0 saturated carbocycles. The maximum absolute atomic E-state index is 13.5. The van der Waals surface area contributed by atoms with E-state index in [2.05, 4.69) is 10.9 Å². The second kappa shape index (κ2) is 9.67. The maximum atomic E-state index is 13.5. The van der Waals surface area contributed by atoms with Crippen LogP contribution in [0.25, 0.3) is 0 Å². The van der Waals surface area contributed by atoms with Crippen molar-refractivity contribution in [2.24, 2.45) is 11.8 Å². The van der Waals surface area contributed by atoms with Crippen molar-refractivity contribution < 1.29 is 28.7 Å². The second-order valence-electron chi connectivity index (χ2n) is 9.70. The summed E-state index contributed by atoms with van der Waals surface area (Å²) < 4.78 is 5.00. The van der Waals surface area contributed by atoms with E-state index in [1.54, 1.807) is 0 Å². The van der Waals surface area contributed by atoms with Crippen LogP contribution in [0.3, 0.4) is 0 Å². The van der Waals surface area contributed by atoms with Gasteiger partial charge in [0, 0.05) is 22.4 Å². The summed E-state index contributed by atoms with van der Waals surface area (Å²) in [5.74, 6) is -4.88. The molecule has 3 aromatic carbocycles. The molecule has 39 heavy (non-hydrogen) atoms. The van der Waals surface area contributed by atoms with Crippen molar-refractivity contribution in [2.45, 2.75) is 11.8 Å². The Morgan fingerprint density at radius 1 is 0.744 bits per heavy atom. The molecular weight excluding hydrogens is 522 g/mol. The molecule has 1 heterocycles. The number of hydrogen-bond acceptors (Lipinski definition) is 6. The summed E-state index contributed by atoms with van der Waals surface area (Å²) in [7, 11) is 0. The molecule has 3 aromatic rings. The molecular formula is C29H22ClN3O6. The summed E-state index contributed by atoms with van der Waals surface area (Å²) in [6.45, 7) is -1.30. The standard InChI is InChI=1S/C29H22ClN3O6/c30-16-11-9-15(10-12-16)27(36)32-31-21(34)14-39-22(35)13-33-28(37)25-23-17-5-1-2-6-18(17)24(26(25)29(33)38)20-8-4-3-7-19(20)23/h1-12,23-26H,13-14H2,(H,31,34)(H,32,36)/t23?,24?,25-,26-/m0/s1. The Balaban J connectivity index is 1.10. The van der Waals surface area contributed by atoms with Gasteiger partial charge in [0.2, 0.25) is 11.8 Å². The number of nitrogens with zero attached hydrogens (tertiary/aromatic N) is 1. The van der Waals surface area contributed by atoms with E-state index in [9.17, 15) is 24.0 Å². The minimum atomic E-state index is -0.906. The molecule has 3 aliphatic carbocycles. The highest BCUT2D eigenvalue weighted by Crippen LogP contribution is 2.60. The van der Waals surface area contributed by atoms with Gasteiger partial charge in [-0.05, 0) is 46.5 Å². The fourth-order valence-corrected chi connectivity index (χ4v) is 6.18. The number of benzene rings is 3. The molecule has 0 aromatic heterocycles. The highest BCUT2D eigenvalue weighted by atomic mass is 35.5. The van der Waals surface area contributed by atoms with Crippen LogP contribution in [-0.2, 0) is 23.9 Å². The summed E-state index contributed by atoms with van der Waals surface area (Å²) in [5, 5.41) is 0.457. The van der Waals surface area contributed by atoms with Crippen molar-refractivity contribution in [1.29, 1.82) is 0 Å². The minimum Gasteiger partial charge on any atom is -0.454 e. The lowest BCUT2D eigenvalue weighted by Gasteiger charge is -2.45. The van der Waals surface area contributed by atoms with Gasteiger partial charge in [0.25, 0.3) is 11.8 Å². The molecule has 2 N–H and O–H groups in total. The largest absolute Gasteiger partial charge is 0.454 e. The summed E-state index contributed by atoms with van der Waals surface area (Å²) in [5.41, 5.74) is 8.75. The molecule has 1 fully saturated rings. The van der Waals surface area contributed by atoms with E-state index in [0.717, 1.165) is 27.2 Å². The van der Waals surface area contributed by atoms with Crippen molar-refractivity contribution in [2.75, 3.05) is 13.2 Å². The predicted molar refractivity (Wildman–Crippen MR) is 138 cm³/mol. The van der Waals surface area contributed by atoms with Crippen LogP contribution in [0.1, 0.15) is 44.4 Å². The molecule has 10 heteroatoms. The second-order valence-corrected chi connectivity index (χ2v) is 10.1. The first-order chi connectivity index (χ1) is 18.8. The van der Waals surface area contributed by atoms with Crippen molar-refractivity contribution in [3.63, 3.8) is 0 Å². The highest BCUT2D eigenvalue weighted by Gasteiger charge is 2.61. The van der Waals surface area contributed by atoms with Gasteiger partial charge < -0.3 is 4.74 Å². The van der Waals surface area contributed by atoms with Gasteiger partial charge in [-0.15, -0.1) is 0 Å². The molecule has 9 nitrogen and oxygen atoms in total. The lowest BCUT2D eigenvalue weighted by atomic mass is 9.55. The number of rotatable bonds is 5. The summed E-state index contributed by atoms with van der Waals surface area (Å²) >= 11 is 5.79. The smallest absolute Gasteiger partial charge is 0.326 e. The lowest BCUT2D eigenvalue weighted by Crippen LogP contribution is -2.44. The number of amides is 4. The van der Waals surface area contributed by atoms with Crippen LogP contribution in [0.2, 0.25) is 5.02 Å². The molecule has 1 saturated heterocycles. The Hall–Kier alpha value is -4.50. The number of hydrogen-bond donors (Lipinski definition) is 2. The third-order valence-electron chi connectivity index (χ3n) is 7.61. The predicted octanol–water partition coefficient (Wildman–Crippen LogP) is 2.54. The zero-order chi connectivity index (χ0) is 27.3. The number of halogens is 1. The van der Waals surface area contributed by atoms with Gasteiger partial charge >= 0.3 is 5.97 Å². The van der Waals surface area contributed by atoms with Gasteiger partial charge in [-0.2, -0.15) is 0 Å². The normalized spacial score (nSPS) is 22.0. The Morgan fingerprint density at radius 2 is 1.23 bits per heavy atom. The van der Waals surface area contributed by atoms with Crippen LogP contribution in [0.4, 0.5) is 0 Å². The Kier molecular flexibility index (Phi) is 6.15. The molecule has 2 bridgehead atoms. The van der Waals surface area contributed by atoms with Crippen LogP contribution >= 0.6 is 11.6 Å². The Labute approximate surface area is 228 Å². The van der Waals surface area contributed by atoms with Crippen molar-refractivity contribution in [3.05, 3.63) is 106 Å². The summed E-state index contributed by atoms with van der Waals surface area (Å²) in [6, 6.07) is 21.7. The zero-order valence-electron chi connectivity index (χ0n) is 20.4. The number of nitrogens with one attached hydrogen (secondary N) is 2. The number of likely N-dealkylation sites (tertiary alicyclic amines) is 1. The number of carbonyl (C=O) groups is 5. The van der Waals surface area contributed by atoms with Crippen LogP contribution in [-0.4, -0.2) is 47.6 Å². The monoisotopic (exact) mass is 543 g/mol. The molecule has 0 unspecified atom stereocenters. The third kappa shape index (κ3) is 4.15. The molecule has 196 valence electrons. The fraction of sp³-hybridized carbons (Fsp3) is 0.207. The first-order valence-corrected chi connectivity index (χ1v) is 12.8. The van der Waals surface area contributed by atoms with Gasteiger partial charge in [-0.3, -0.25) is 39.7 Å². The first-order valence-electron chi connectivity index (χ1n) is 12.4. The molecule has 2 atom stereocenters. The van der Waals surface area contributed by atoms with Crippen LogP contribution < -0.4 is 10.9 Å². The highest BCUT2D eigenvalue weighted by molar-refractivity contribution is 6.30. The number of imide groups is 1. The average molecular weight is 544 g/mol. The van der Waals surface area contributed by atoms with Crippen molar-refractivity contribution in [3.8, 4) is 0 Å². The maximum Gasteiger partial charge on any atom is 0.326 e. The van der Waals surface area contributed by atoms with E-state index < -0.39 is 54.6 Å². The van der Waals surface area contributed by atoms with Gasteiger partial charge in [-0.25, -0.2) is 0 Å². The SMILES string of the molecule is O=C(COC(=O)CN1C(=O)[C@H]2C3c4ccccc4C(c4ccccc43)[C@@H]2C1=O)NNC(=O)c1ccc(Cl)cc1. The number of esters is 1. The van der Waals surface area contributed by atoms with Crippen LogP contribution in [0.5, 0.6) is 0 Å². The van der Waals surface area contributed by atoms with Gasteiger partial charge in [-0.1, -0.05) is 60.1 Å². The topological polar surface area (TPSA) is 122 Å². The first kappa shape index (κ1) is 24.8. The fourth-order valence-electron chi connectivity index (χ4n) is 6.05. The van der Waals surface area contributed by atoms with Crippen LogP contribution in [0, 0.1) is 11.8 Å².